The maximum absolute atomic E-state index is 12.6. The normalized spacial score (nSPS) is 20.3. The number of carbonyl (C=O) groups excluding carboxylic acids is 3. The summed E-state index contributed by atoms with van der Waals surface area (Å²) < 4.78 is 5.11. The highest BCUT2D eigenvalue weighted by Crippen LogP contribution is 2.31. The van der Waals surface area contributed by atoms with Crippen molar-refractivity contribution < 1.29 is 19.1 Å². The van der Waals surface area contributed by atoms with E-state index >= 15 is 0 Å². The molecule has 1 heterocycles. The summed E-state index contributed by atoms with van der Waals surface area (Å²) in [5.41, 5.74) is 1.04. The summed E-state index contributed by atoms with van der Waals surface area (Å²) in [6, 6.07) is 7.07. The summed E-state index contributed by atoms with van der Waals surface area (Å²) in [6.07, 6.45) is 2.84. The number of hydrogen-bond donors (Lipinski definition) is 1. The van der Waals surface area contributed by atoms with Gasteiger partial charge in [0.25, 0.3) is 0 Å². The van der Waals surface area contributed by atoms with Gasteiger partial charge in [-0.2, -0.15) is 0 Å². The van der Waals surface area contributed by atoms with Gasteiger partial charge in [-0.15, -0.1) is 0 Å². The highest BCUT2D eigenvalue weighted by molar-refractivity contribution is 6.06. The van der Waals surface area contributed by atoms with Crippen molar-refractivity contribution in [3.63, 3.8) is 0 Å². The topological polar surface area (TPSA) is 75.7 Å². The molecule has 3 amide bonds. The van der Waals surface area contributed by atoms with E-state index in [4.69, 9.17) is 4.74 Å². The largest absolute Gasteiger partial charge is 0.497 e. The van der Waals surface area contributed by atoms with Crippen molar-refractivity contribution in [2.45, 2.75) is 44.2 Å². The molecule has 6 nitrogen and oxygen atoms in total. The van der Waals surface area contributed by atoms with Crippen LogP contribution in [-0.2, 0) is 20.8 Å². The third-order valence-electron chi connectivity index (χ3n) is 4.29. The van der Waals surface area contributed by atoms with Crippen LogP contribution >= 0.6 is 0 Å². The minimum Gasteiger partial charge on any atom is -0.497 e. The Morgan fingerprint density at radius 2 is 1.96 bits per heavy atom. The number of ether oxygens (including phenoxy) is 1. The van der Waals surface area contributed by atoms with Gasteiger partial charge in [-0.25, -0.2) is 0 Å². The van der Waals surface area contributed by atoms with Crippen molar-refractivity contribution in [1.82, 2.24) is 10.2 Å². The van der Waals surface area contributed by atoms with Gasteiger partial charge in [-0.1, -0.05) is 12.1 Å². The maximum Gasteiger partial charge on any atom is 0.249 e. The second-order valence-corrected chi connectivity index (χ2v) is 6.01. The summed E-state index contributed by atoms with van der Waals surface area (Å²) in [5, 5.41) is 2.29. The highest BCUT2D eigenvalue weighted by atomic mass is 16.5. The fourth-order valence-electron chi connectivity index (χ4n) is 2.92. The van der Waals surface area contributed by atoms with Crippen LogP contribution in [0.15, 0.2) is 24.3 Å². The maximum atomic E-state index is 12.6. The summed E-state index contributed by atoms with van der Waals surface area (Å²) in [5.74, 6) is 0.0762. The summed E-state index contributed by atoms with van der Waals surface area (Å²) in [6.45, 7) is 0. The smallest absolute Gasteiger partial charge is 0.249 e. The number of imide groups is 1. The van der Waals surface area contributed by atoms with Gasteiger partial charge in [0.1, 0.15) is 11.8 Å². The zero-order valence-electron chi connectivity index (χ0n) is 13.1. The average Bonchev–Trinajstić information content (AvgIpc) is 3.31. The first kappa shape index (κ1) is 15.5. The number of carbonyl (C=O) groups is 3. The van der Waals surface area contributed by atoms with Crippen molar-refractivity contribution >= 4 is 17.7 Å². The molecule has 1 saturated heterocycles. The van der Waals surface area contributed by atoms with E-state index in [1.165, 1.54) is 0 Å². The van der Waals surface area contributed by atoms with Crippen molar-refractivity contribution in [3.05, 3.63) is 29.8 Å². The first-order valence-corrected chi connectivity index (χ1v) is 7.86. The molecule has 1 atom stereocenters. The fourth-order valence-corrected chi connectivity index (χ4v) is 2.92. The Morgan fingerprint density at radius 3 is 2.48 bits per heavy atom. The quantitative estimate of drug-likeness (QED) is 0.796. The zero-order valence-corrected chi connectivity index (χ0v) is 13.1. The van der Waals surface area contributed by atoms with E-state index < -0.39 is 6.04 Å². The molecule has 3 rings (SSSR count). The molecular formula is C17H20N2O4. The van der Waals surface area contributed by atoms with E-state index in [9.17, 15) is 14.4 Å². The molecule has 6 heteroatoms. The molecular weight excluding hydrogens is 296 g/mol. The van der Waals surface area contributed by atoms with Crippen LogP contribution in [0.4, 0.5) is 0 Å². The molecule has 2 fully saturated rings. The lowest BCUT2D eigenvalue weighted by atomic mass is 10.1. The molecule has 0 unspecified atom stereocenters. The second-order valence-electron chi connectivity index (χ2n) is 6.01. The van der Waals surface area contributed by atoms with Crippen LogP contribution in [0, 0.1) is 0 Å². The van der Waals surface area contributed by atoms with Crippen molar-refractivity contribution in [2.24, 2.45) is 0 Å². The van der Waals surface area contributed by atoms with Crippen LogP contribution in [0.1, 0.15) is 31.2 Å². The monoisotopic (exact) mass is 316 g/mol. The minimum atomic E-state index is -0.627. The van der Waals surface area contributed by atoms with E-state index in [0.29, 0.717) is 12.8 Å². The number of benzene rings is 1. The third-order valence-corrected chi connectivity index (χ3v) is 4.29. The fraction of sp³-hybridized carbons (Fsp3) is 0.471. The number of nitrogens with one attached hydrogen (secondary N) is 1. The van der Waals surface area contributed by atoms with E-state index in [2.05, 4.69) is 5.32 Å². The average molecular weight is 316 g/mol. The van der Waals surface area contributed by atoms with Crippen molar-refractivity contribution in [2.75, 3.05) is 7.11 Å². The Kier molecular flexibility index (Phi) is 4.32. The molecule has 0 radical (unpaired) electrons. The van der Waals surface area contributed by atoms with Gasteiger partial charge < -0.3 is 9.64 Å². The first-order valence-electron chi connectivity index (χ1n) is 7.86. The van der Waals surface area contributed by atoms with Gasteiger partial charge in [0.2, 0.25) is 17.7 Å². The van der Waals surface area contributed by atoms with Crippen LogP contribution in [-0.4, -0.2) is 41.8 Å². The van der Waals surface area contributed by atoms with E-state index in [0.717, 1.165) is 24.2 Å². The van der Waals surface area contributed by atoms with Gasteiger partial charge >= 0.3 is 0 Å². The Bertz CT molecular complexity index is 622. The summed E-state index contributed by atoms with van der Waals surface area (Å²) >= 11 is 0. The van der Waals surface area contributed by atoms with E-state index in [1.54, 1.807) is 12.0 Å². The Hall–Kier alpha value is -2.37. The van der Waals surface area contributed by atoms with Gasteiger partial charge in [-0.05, 0) is 37.0 Å². The van der Waals surface area contributed by atoms with Gasteiger partial charge in [-0.3, -0.25) is 19.7 Å². The minimum absolute atomic E-state index is 0.0573. The van der Waals surface area contributed by atoms with Gasteiger partial charge in [0.05, 0.1) is 13.5 Å². The molecule has 0 bridgehead atoms. The molecule has 0 aromatic heterocycles. The Morgan fingerprint density at radius 1 is 1.26 bits per heavy atom. The molecule has 2 aliphatic rings. The van der Waals surface area contributed by atoms with Crippen molar-refractivity contribution in [1.29, 1.82) is 0 Å². The Balaban J connectivity index is 1.62. The van der Waals surface area contributed by atoms with E-state index in [1.807, 2.05) is 24.3 Å². The van der Waals surface area contributed by atoms with Crippen LogP contribution in [0.2, 0.25) is 0 Å². The number of rotatable bonds is 6. The lowest BCUT2D eigenvalue weighted by molar-refractivity contribution is -0.139. The Labute approximate surface area is 134 Å². The van der Waals surface area contributed by atoms with Gasteiger partial charge in [0, 0.05) is 12.5 Å². The standard InChI is InChI=1S/C17H20N2O4/c1-23-13-7-2-11(3-8-13)4-9-16(21)19(12-5-6-12)14-10-15(20)18-17(14)22/h2-3,7-8,12,14H,4-6,9-10H2,1H3,(H,18,20,22)/t14-/m1/s1. The van der Waals surface area contributed by atoms with Crippen LogP contribution < -0.4 is 10.1 Å². The van der Waals surface area contributed by atoms with Crippen LogP contribution in [0.5, 0.6) is 5.75 Å². The predicted molar refractivity (Wildman–Crippen MR) is 82.7 cm³/mol. The number of amides is 3. The predicted octanol–water partition coefficient (Wildman–Crippen LogP) is 1.03. The number of aryl methyl sites for hydroxylation is 1. The number of hydrogen-bond acceptors (Lipinski definition) is 4. The van der Waals surface area contributed by atoms with E-state index in [-0.39, 0.29) is 30.2 Å². The molecule has 0 spiro atoms. The first-order chi connectivity index (χ1) is 11.1. The number of methoxy groups -OCH3 is 1. The summed E-state index contributed by atoms with van der Waals surface area (Å²) in [4.78, 5) is 37.5. The van der Waals surface area contributed by atoms with Crippen molar-refractivity contribution in [3.8, 4) is 5.75 Å². The molecule has 23 heavy (non-hydrogen) atoms. The second kappa shape index (κ2) is 6.40. The molecule has 1 aliphatic carbocycles. The lowest BCUT2D eigenvalue weighted by Crippen LogP contribution is -2.46. The zero-order chi connectivity index (χ0) is 16.4. The molecule has 122 valence electrons. The molecule has 1 N–H and O–H groups in total. The highest BCUT2D eigenvalue weighted by Gasteiger charge is 2.44. The molecule has 1 aromatic rings. The lowest BCUT2D eigenvalue weighted by Gasteiger charge is -2.26. The number of nitrogens with zero attached hydrogens (tertiary/aromatic N) is 1. The third kappa shape index (κ3) is 3.52. The molecule has 1 aromatic carbocycles. The molecule has 1 saturated carbocycles. The molecule has 1 aliphatic heterocycles. The van der Waals surface area contributed by atoms with Crippen LogP contribution in [0.3, 0.4) is 0 Å². The van der Waals surface area contributed by atoms with Crippen LogP contribution in [0.25, 0.3) is 0 Å². The van der Waals surface area contributed by atoms with Gasteiger partial charge in [0.15, 0.2) is 0 Å². The summed E-state index contributed by atoms with van der Waals surface area (Å²) in [7, 11) is 1.61. The SMILES string of the molecule is COc1ccc(CCC(=O)N(C2CC2)[C@@H]2CC(=O)NC2=O)cc1.